The highest BCUT2D eigenvalue weighted by molar-refractivity contribution is 5.25. The van der Waals surface area contributed by atoms with Crippen LogP contribution in [0.15, 0.2) is 12.4 Å². The zero-order valence-electron chi connectivity index (χ0n) is 11.7. The summed E-state index contributed by atoms with van der Waals surface area (Å²) in [7, 11) is 1.87. The number of nitrogens with zero attached hydrogens (tertiary/aromatic N) is 5. The van der Waals surface area contributed by atoms with Gasteiger partial charge in [-0.2, -0.15) is 5.10 Å². The molecule has 0 aromatic carbocycles. The Bertz CT molecular complexity index is 575. The maximum atomic E-state index is 9.07. The Morgan fingerprint density at radius 2 is 2.40 bits per heavy atom. The second-order valence-corrected chi connectivity index (χ2v) is 5.20. The van der Waals surface area contributed by atoms with Gasteiger partial charge in [0.25, 0.3) is 0 Å². The van der Waals surface area contributed by atoms with Gasteiger partial charge < -0.3 is 10.4 Å². The Hall–Kier alpha value is -1.73. The molecule has 0 saturated carbocycles. The third kappa shape index (κ3) is 2.59. The van der Waals surface area contributed by atoms with Gasteiger partial charge in [-0.25, -0.2) is 0 Å². The molecule has 1 aliphatic carbocycles. The van der Waals surface area contributed by atoms with Crippen molar-refractivity contribution in [1.82, 2.24) is 30.1 Å². The highest BCUT2D eigenvalue weighted by atomic mass is 16.3. The topological polar surface area (TPSA) is 80.8 Å². The average molecular weight is 276 g/mol. The van der Waals surface area contributed by atoms with Gasteiger partial charge in [0.15, 0.2) is 0 Å². The maximum absolute atomic E-state index is 9.07. The van der Waals surface area contributed by atoms with Crippen LogP contribution in [-0.4, -0.2) is 36.5 Å². The molecule has 108 valence electrons. The van der Waals surface area contributed by atoms with E-state index in [1.54, 1.807) is 4.68 Å². The predicted octanol–water partition coefficient (Wildman–Crippen LogP) is 0.171. The first kappa shape index (κ1) is 13.3. The highest BCUT2D eigenvalue weighted by Gasteiger charge is 2.23. The van der Waals surface area contributed by atoms with Crippen molar-refractivity contribution in [3.8, 4) is 0 Å². The molecular formula is C13H20N6O. The lowest BCUT2D eigenvalue weighted by atomic mass is 9.93. The lowest BCUT2D eigenvalue weighted by Gasteiger charge is -2.23. The van der Waals surface area contributed by atoms with Gasteiger partial charge in [0.05, 0.1) is 25.0 Å². The Balaban J connectivity index is 1.70. The van der Waals surface area contributed by atoms with Gasteiger partial charge in [0, 0.05) is 37.1 Å². The van der Waals surface area contributed by atoms with Gasteiger partial charge in [-0.15, -0.1) is 5.10 Å². The molecule has 0 bridgehead atoms. The standard InChI is InChI=1S/C13H20N6O/c1-18-9-10(16-17-18)7-14-12-3-2-4-13-11(12)8-15-19(13)5-6-20/h8-9,12,14,20H,2-7H2,1H3. The van der Waals surface area contributed by atoms with E-state index < -0.39 is 0 Å². The fraction of sp³-hybridized carbons (Fsp3) is 0.615. The SMILES string of the molecule is Cn1cc(CNC2CCCc3c2cnn3CCO)nn1. The molecule has 1 unspecified atom stereocenters. The lowest BCUT2D eigenvalue weighted by molar-refractivity contribution is 0.266. The molecule has 0 spiro atoms. The van der Waals surface area contributed by atoms with Crippen LogP contribution in [0, 0.1) is 0 Å². The number of aryl methyl sites for hydroxylation is 1. The van der Waals surface area contributed by atoms with Gasteiger partial charge in [-0.1, -0.05) is 5.21 Å². The number of aliphatic hydroxyl groups excluding tert-OH is 1. The van der Waals surface area contributed by atoms with E-state index in [9.17, 15) is 0 Å². The number of hydrogen-bond donors (Lipinski definition) is 2. The largest absolute Gasteiger partial charge is 0.394 e. The Morgan fingerprint density at radius 1 is 1.50 bits per heavy atom. The molecule has 1 atom stereocenters. The van der Waals surface area contributed by atoms with Crippen LogP contribution in [-0.2, 0) is 26.6 Å². The number of aliphatic hydroxyl groups is 1. The van der Waals surface area contributed by atoms with Crippen LogP contribution >= 0.6 is 0 Å². The zero-order valence-corrected chi connectivity index (χ0v) is 11.7. The summed E-state index contributed by atoms with van der Waals surface area (Å²) in [5.74, 6) is 0. The average Bonchev–Trinajstić information content (AvgIpc) is 3.04. The first-order valence-electron chi connectivity index (χ1n) is 7.02. The molecule has 0 saturated heterocycles. The minimum atomic E-state index is 0.131. The van der Waals surface area contributed by atoms with E-state index in [0.717, 1.165) is 25.0 Å². The minimum Gasteiger partial charge on any atom is -0.394 e. The van der Waals surface area contributed by atoms with Gasteiger partial charge in [-0.3, -0.25) is 9.36 Å². The summed E-state index contributed by atoms with van der Waals surface area (Å²) in [4.78, 5) is 0. The van der Waals surface area contributed by atoms with Crippen LogP contribution in [0.25, 0.3) is 0 Å². The lowest BCUT2D eigenvalue weighted by Crippen LogP contribution is -2.25. The maximum Gasteiger partial charge on any atom is 0.0964 e. The van der Waals surface area contributed by atoms with Crippen molar-refractivity contribution in [2.75, 3.05) is 6.61 Å². The third-order valence-electron chi connectivity index (χ3n) is 3.75. The number of rotatable bonds is 5. The normalized spacial score (nSPS) is 18.2. The van der Waals surface area contributed by atoms with Crippen molar-refractivity contribution in [3.63, 3.8) is 0 Å². The Labute approximate surface area is 117 Å². The molecule has 20 heavy (non-hydrogen) atoms. The molecule has 1 aliphatic rings. The molecule has 0 radical (unpaired) electrons. The smallest absolute Gasteiger partial charge is 0.0964 e. The number of hydrogen-bond acceptors (Lipinski definition) is 5. The molecule has 7 nitrogen and oxygen atoms in total. The van der Waals surface area contributed by atoms with E-state index in [4.69, 9.17) is 5.11 Å². The molecular weight excluding hydrogens is 256 g/mol. The third-order valence-corrected chi connectivity index (χ3v) is 3.75. The summed E-state index contributed by atoms with van der Waals surface area (Å²) in [5.41, 5.74) is 3.46. The fourth-order valence-corrected chi connectivity index (χ4v) is 2.82. The van der Waals surface area contributed by atoms with Crippen molar-refractivity contribution < 1.29 is 5.11 Å². The van der Waals surface area contributed by atoms with E-state index >= 15 is 0 Å². The second-order valence-electron chi connectivity index (χ2n) is 5.20. The molecule has 2 aromatic rings. The first-order chi connectivity index (χ1) is 9.78. The molecule has 0 aliphatic heterocycles. The molecule has 3 rings (SSSR count). The van der Waals surface area contributed by atoms with Crippen molar-refractivity contribution in [3.05, 3.63) is 29.3 Å². The van der Waals surface area contributed by atoms with Gasteiger partial charge in [-0.05, 0) is 19.3 Å². The monoisotopic (exact) mass is 276 g/mol. The van der Waals surface area contributed by atoms with Crippen molar-refractivity contribution in [1.29, 1.82) is 0 Å². The highest BCUT2D eigenvalue weighted by Crippen LogP contribution is 2.29. The summed E-state index contributed by atoms with van der Waals surface area (Å²) in [6, 6.07) is 0.313. The zero-order chi connectivity index (χ0) is 13.9. The fourth-order valence-electron chi connectivity index (χ4n) is 2.82. The Kier molecular flexibility index (Phi) is 3.79. The predicted molar refractivity (Wildman–Crippen MR) is 72.8 cm³/mol. The molecule has 0 fully saturated rings. The van der Waals surface area contributed by atoms with Crippen LogP contribution in [0.1, 0.15) is 35.8 Å². The van der Waals surface area contributed by atoms with Crippen LogP contribution < -0.4 is 5.32 Å². The summed E-state index contributed by atoms with van der Waals surface area (Å²) in [5, 5.41) is 25.0. The van der Waals surface area contributed by atoms with E-state index in [0.29, 0.717) is 19.1 Å². The van der Waals surface area contributed by atoms with E-state index in [-0.39, 0.29) is 6.61 Å². The summed E-state index contributed by atoms with van der Waals surface area (Å²) in [6.07, 6.45) is 7.14. The number of aromatic nitrogens is 5. The first-order valence-corrected chi connectivity index (χ1v) is 7.02. The quantitative estimate of drug-likeness (QED) is 0.814. The molecule has 2 heterocycles. The summed E-state index contributed by atoms with van der Waals surface area (Å²) < 4.78 is 3.63. The Morgan fingerprint density at radius 3 is 3.15 bits per heavy atom. The van der Waals surface area contributed by atoms with E-state index in [1.165, 1.54) is 11.3 Å². The van der Waals surface area contributed by atoms with Crippen LogP contribution in [0.4, 0.5) is 0 Å². The van der Waals surface area contributed by atoms with Gasteiger partial charge >= 0.3 is 0 Å². The van der Waals surface area contributed by atoms with Crippen molar-refractivity contribution in [2.45, 2.75) is 38.4 Å². The number of nitrogens with one attached hydrogen (secondary N) is 1. The van der Waals surface area contributed by atoms with Crippen LogP contribution in [0.3, 0.4) is 0 Å². The summed E-state index contributed by atoms with van der Waals surface area (Å²) >= 11 is 0. The molecule has 2 N–H and O–H groups in total. The molecule has 0 amide bonds. The number of fused-ring (bicyclic) bond motifs is 1. The van der Waals surface area contributed by atoms with E-state index in [1.807, 2.05) is 24.1 Å². The van der Waals surface area contributed by atoms with E-state index in [2.05, 4.69) is 20.7 Å². The van der Waals surface area contributed by atoms with Crippen LogP contribution in [0.5, 0.6) is 0 Å². The second kappa shape index (κ2) is 5.72. The summed E-state index contributed by atoms with van der Waals surface area (Å²) in [6.45, 7) is 1.42. The van der Waals surface area contributed by atoms with Gasteiger partial charge in [0.2, 0.25) is 0 Å². The van der Waals surface area contributed by atoms with Crippen molar-refractivity contribution in [2.24, 2.45) is 7.05 Å². The molecule has 7 heteroatoms. The van der Waals surface area contributed by atoms with Gasteiger partial charge in [0.1, 0.15) is 0 Å². The van der Waals surface area contributed by atoms with Crippen LogP contribution in [0.2, 0.25) is 0 Å². The minimum absolute atomic E-state index is 0.131. The molecule has 2 aromatic heterocycles. The van der Waals surface area contributed by atoms with Crippen molar-refractivity contribution >= 4 is 0 Å².